The molecule has 0 fully saturated rings. The molecule has 5 nitrogen and oxygen atoms in total. The van der Waals surface area contributed by atoms with E-state index in [0.29, 0.717) is 6.07 Å². The number of halogens is 4. The number of nitrogens with one attached hydrogen (secondary N) is 1. The van der Waals surface area contributed by atoms with Gasteiger partial charge in [0.2, 0.25) is 5.88 Å². The molecule has 0 bridgehead atoms. The van der Waals surface area contributed by atoms with Crippen LogP contribution in [0.1, 0.15) is 15.9 Å². The molecule has 0 aliphatic rings. The topological polar surface area (TPSA) is 79.4 Å². The monoisotopic (exact) mass is 255 g/mol. The molecule has 0 amide bonds. The first kappa shape index (κ1) is 13.0. The molecule has 0 spiro atoms. The van der Waals surface area contributed by atoms with E-state index in [1.165, 1.54) is 0 Å². The molecule has 0 aliphatic heterocycles. The van der Waals surface area contributed by atoms with Crippen molar-refractivity contribution in [3.05, 3.63) is 27.5 Å². The van der Waals surface area contributed by atoms with E-state index in [1.807, 2.05) is 0 Å². The lowest BCUT2D eigenvalue weighted by molar-refractivity contribution is -0.276. The summed E-state index contributed by atoms with van der Waals surface area (Å²) < 4.78 is 51.1. The van der Waals surface area contributed by atoms with Crippen LogP contribution < -0.4 is 10.3 Å². The van der Waals surface area contributed by atoms with Gasteiger partial charge in [0.15, 0.2) is 0 Å². The third-order valence-corrected chi connectivity index (χ3v) is 1.70. The van der Waals surface area contributed by atoms with Crippen LogP contribution in [0.2, 0.25) is 0 Å². The van der Waals surface area contributed by atoms with Crippen LogP contribution in [0.25, 0.3) is 0 Å². The maximum Gasteiger partial charge on any atom is 0.574 e. The lowest BCUT2D eigenvalue weighted by Crippen LogP contribution is -2.23. The SMILES string of the molecule is O=C(O)c1cc(OC(F)(F)F)[nH]c(=O)c1CF. The molecule has 94 valence electrons. The van der Waals surface area contributed by atoms with Gasteiger partial charge in [-0.05, 0) is 0 Å². The zero-order valence-corrected chi connectivity index (χ0v) is 7.97. The molecule has 0 atom stereocenters. The van der Waals surface area contributed by atoms with Gasteiger partial charge in [-0.15, -0.1) is 13.2 Å². The summed E-state index contributed by atoms with van der Waals surface area (Å²) in [6, 6.07) is 0.395. The van der Waals surface area contributed by atoms with Crippen molar-refractivity contribution in [3.8, 4) is 5.88 Å². The average molecular weight is 255 g/mol. The number of ether oxygens (including phenoxy) is 1. The van der Waals surface area contributed by atoms with Crippen molar-refractivity contribution in [3.63, 3.8) is 0 Å². The van der Waals surface area contributed by atoms with Gasteiger partial charge in [0.1, 0.15) is 6.67 Å². The smallest absolute Gasteiger partial charge is 0.478 e. The number of aromatic amines is 1. The summed E-state index contributed by atoms with van der Waals surface area (Å²) in [6.45, 7) is -1.41. The van der Waals surface area contributed by atoms with Gasteiger partial charge in [0, 0.05) is 6.07 Å². The van der Waals surface area contributed by atoms with Crippen LogP contribution in [0.4, 0.5) is 17.6 Å². The molecule has 1 aromatic rings. The van der Waals surface area contributed by atoms with E-state index in [2.05, 4.69) is 4.74 Å². The zero-order chi connectivity index (χ0) is 13.2. The van der Waals surface area contributed by atoms with Crippen molar-refractivity contribution in [2.45, 2.75) is 13.0 Å². The molecule has 0 saturated heterocycles. The Hall–Kier alpha value is -2.06. The average Bonchev–Trinajstić information content (AvgIpc) is 2.13. The molecule has 1 aromatic heterocycles. The fourth-order valence-electron chi connectivity index (χ4n) is 1.07. The van der Waals surface area contributed by atoms with Crippen molar-refractivity contribution in [1.29, 1.82) is 0 Å². The number of alkyl halides is 4. The maximum atomic E-state index is 12.3. The van der Waals surface area contributed by atoms with Gasteiger partial charge in [0.25, 0.3) is 5.56 Å². The number of carbonyl (C=O) groups is 1. The van der Waals surface area contributed by atoms with Gasteiger partial charge >= 0.3 is 12.3 Å². The highest BCUT2D eigenvalue weighted by Crippen LogP contribution is 2.21. The molecule has 0 saturated carbocycles. The number of carboxylic acids is 1. The molecule has 0 unspecified atom stereocenters. The first-order valence-corrected chi connectivity index (χ1v) is 4.06. The summed E-state index contributed by atoms with van der Waals surface area (Å²) in [4.78, 5) is 23.2. The Morgan fingerprint density at radius 2 is 2.06 bits per heavy atom. The standard InChI is InChI=1S/C8H5F4NO4/c9-2-4-3(7(15)16)1-5(13-6(4)14)17-8(10,11)12/h1H,2H2,(H,13,14)(H,15,16). The first-order chi connectivity index (χ1) is 7.74. The second-order valence-corrected chi connectivity index (χ2v) is 2.84. The zero-order valence-electron chi connectivity index (χ0n) is 7.97. The quantitative estimate of drug-likeness (QED) is 0.801. The molecular weight excluding hydrogens is 250 g/mol. The van der Waals surface area contributed by atoms with E-state index in [1.54, 1.807) is 4.98 Å². The molecule has 0 aliphatic carbocycles. The fraction of sp³-hybridized carbons (Fsp3) is 0.250. The van der Waals surface area contributed by atoms with E-state index in [4.69, 9.17) is 5.11 Å². The molecule has 1 heterocycles. The first-order valence-electron chi connectivity index (χ1n) is 4.06. The predicted molar refractivity (Wildman–Crippen MR) is 45.5 cm³/mol. The summed E-state index contributed by atoms with van der Waals surface area (Å²) in [5, 5.41) is 8.59. The third kappa shape index (κ3) is 3.20. The third-order valence-electron chi connectivity index (χ3n) is 1.70. The summed E-state index contributed by atoms with van der Waals surface area (Å²) in [7, 11) is 0. The van der Waals surface area contributed by atoms with E-state index >= 15 is 0 Å². The Balaban J connectivity index is 3.30. The lowest BCUT2D eigenvalue weighted by atomic mass is 10.1. The van der Waals surface area contributed by atoms with Gasteiger partial charge < -0.3 is 9.84 Å². The van der Waals surface area contributed by atoms with Crippen LogP contribution >= 0.6 is 0 Å². The molecule has 0 radical (unpaired) electrons. The molecule has 2 N–H and O–H groups in total. The van der Waals surface area contributed by atoms with Crippen LogP contribution in [-0.4, -0.2) is 22.4 Å². The van der Waals surface area contributed by atoms with E-state index in [9.17, 15) is 27.2 Å². The minimum Gasteiger partial charge on any atom is -0.478 e. The van der Waals surface area contributed by atoms with E-state index < -0.39 is 41.6 Å². The van der Waals surface area contributed by atoms with Crippen LogP contribution in [0.3, 0.4) is 0 Å². The second kappa shape index (κ2) is 4.44. The predicted octanol–water partition coefficient (Wildman–Crippen LogP) is 1.44. The van der Waals surface area contributed by atoms with Crippen LogP contribution in [0, 0.1) is 0 Å². The normalized spacial score (nSPS) is 11.3. The summed E-state index contributed by atoms with van der Waals surface area (Å²) >= 11 is 0. The van der Waals surface area contributed by atoms with E-state index in [-0.39, 0.29) is 0 Å². The number of rotatable bonds is 3. The highest BCUT2D eigenvalue weighted by Gasteiger charge is 2.32. The number of carboxylic acid groups (broad SMARTS) is 1. The molecular formula is C8H5F4NO4. The number of hydrogen-bond donors (Lipinski definition) is 2. The number of pyridine rings is 1. The second-order valence-electron chi connectivity index (χ2n) is 2.84. The van der Waals surface area contributed by atoms with Crippen LogP contribution in [0.5, 0.6) is 5.88 Å². The summed E-state index contributed by atoms with van der Waals surface area (Å²) in [5.74, 6) is -2.84. The van der Waals surface area contributed by atoms with Gasteiger partial charge in [0.05, 0.1) is 11.1 Å². The maximum absolute atomic E-state index is 12.3. The van der Waals surface area contributed by atoms with Crippen molar-refractivity contribution in [2.24, 2.45) is 0 Å². The highest BCUT2D eigenvalue weighted by molar-refractivity contribution is 5.89. The number of H-pyrrole nitrogens is 1. The van der Waals surface area contributed by atoms with Gasteiger partial charge in [-0.2, -0.15) is 0 Å². The Bertz CT molecular complexity index is 493. The minimum atomic E-state index is -5.09. The van der Waals surface area contributed by atoms with Crippen LogP contribution in [-0.2, 0) is 6.67 Å². The Morgan fingerprint density at radius 1 is 1.47 bits per heavy atom. The minimum absolute atomic E-state index is 0.395. The van der Waals surface area contributed by atoms with Crippen molar-refractivity contribution in [2.75, 3.05) is 0 Å². The lowest BCUT2D eigenvalue weighted by Gasteiger charge is -2.09. The van der Waals surface area contributed by atoms with Gasteiger partial charge in [-0.1, -0.05) is 0 Å². The summed E-state index contributed by atoms with van der Waals surface area (Å²) in [6.07, 6.45) is -5.09. The fourth-order valence-corrected chi connectivity index (χ4v) is 1.07. The Morgan fingerprint density at radius 3 is 2.47 bits per heavy atom. The molecule has 0 aromatic carbocycles. The van der Waals surface area contributed by atoms with Crippen molar-refractivity contribution >= 4 is 5.97 Å². The summed E-state index contributed by atoms with van der Waals surface area (Å²) in [5.41, 5.74) is -2.94. The Labute approximate surface area is 90.6 Å². The van der Waals surface area contributed by atoms with Gasteiger partial charge in [-0.25, -0.2) is 9.18 Å². The molecule has 17 heavy (non-hydrogen) atoms. The number of hydrogen-bond acceptors (Lipinski definition) is 3. The number of aromatic nitrogens is 1. The van der Waals surface area contributed by atoms with Gasteiger partial charge in [-0.3, -0.25) is 9.78 Å². The van der Waals surface area contributed by atoms with E-state index in [0.717, 1.165) is 0 Å². The largest absolute Gasteiger partial charge is 0.574 e. The highest BCUT2D eigenvalue weighted by atomic mass is 19.4. The van der Waals surface area contributed by atoms with Crippen molar-refractivity contribution < 1.29 is 32.2 Å². The molecule has 1 rings (SSSR count). The Kier molecular flexibility index (Phi) is 3.39. The van der Waals surface area contributed by atoms with Crippen LogP contribution in [0.15, 0.2) is 10.9 Å². The molecule has 9 heteroatoms. The number of aromatic carboxylic acids is 1. The van der Waals surface area contributed by atoms with Crippen molar-refractivity contribution in [1.82, 2.24) is 4.98 Å².